The van der Waals surface area contributed by atoms with E-state index in [1.807, 2.05) is 57.2 Å². The van der Waals surface area contributed by atoms with Crippen LogP contribution in [0.15, 0.2) is 48.5 Å². The number of hydrogen-bond acceptors (Lipinski definition) is 9. The van der Waals surface area contributed by atoms with Crippen LogP contribution in [0.2, 0.25) is 0 Å². The topological polar surface area (TPSA) is 178 Å². The number of amides is 4. The number of benzene rings is 2. The first-order valence-electron chi connectivity index (χ1n) is 17.4. The van der Waals surface area contributed by atoms with Crippen molar-refractivity contribution in [3.05, 3.63) is 65.2 Å². The highest BCUT2D eigenvalue weighted by atomic mass is 16.5. The summed E-state index contributed by atoms with van der Waals surface area (Å²) in [6.07, 6.45) is 1.35. The molecule has 2 aromatic carbocycles. The SMILES string of the molecule is COC(=O)CCC(=O)NCc1ccc(CCNC(=O)[C@]2(C)CCCN2C(=O)[C@H](Cc2ccc(OC)cc2)NC(=O)[C@@H](N)[C@@H](C)OC(C)(C)C)cc1. The van der Waals surface area contributed by atoms with Gasteiger partial charge in [0.2, 0.25) is 23.6 Å². The number of nitrogens with two attached hydrogens (primary N) is 1. The number of esters is 1. The zero-order chi connectivity index (χ0) is 37.8. The van der Waals surface area contributed by atoms with E-state index in [4.69, 9.17) is 15.2 Å². The van der Waals surface area contributed by atoms with Crippen molar-refractivity contribution >= 4 is 29.6 Å². The first kappa shape index (κ1) is 40.9. The van der Waals surface area contributed by atoms with Crippen molar-refractivity contribution in [3.8, 4) is 5.75 Å². The zero-order valence-electron chi connectivity index (χ0n) is 31.0. The normalized spacial score (nSPS) is 17.5. The first-order chi connectivity index (χ1) is 24.1. The molecule has 1 fully saturated rings. The maximum atomic E-state index is 14.2. The van der Waals surface area contributed by atoms with Gasteiger partial charge in [-0.25, -0.2) is 0 Å². The Morgan fingerprint density at radius 1 is 0.922 bits per heavy atom. The molecule has 0 radical (unpaired) electrons. The predicted octanol–water partition coefficient (Wildman–Crippen LogP) is 2.56. The molecular formula is C38H55N5O8. The minimum Gasteiger partial charge on any atom is -0.497 e. The van der Waals surface area contributed by atoms with Crippen molar-refractivity contribution in [3.63, 3.8) is 0 Å². The van der Waals surface area contributed by atoms with Gasteiger partial charge in [0.25, 0.3) is 0 Å². The molecule has 4 amide bonds. The van der Waals surface area contributed by atoms with E-state index in [1.165, 1.54) is 7.11 Å². The fraction of sp³-hybridized carbons (Fsp3) is 0.553. The van der Waals surface area contributed by atoms with E-state index in [1.54, 1.807) is 38.0 Å². The van der Waals surface area contributed by atoms with Gasteiger partial charge in [-0.15, -0.1) is 0 Å². The second-order valence-electron chi connectivity index (χ2n) is 14.1. The molecule has 1 saturated heterocycles. The maximum absolute atomic E-state index is 14.2. The molecule has 0 spiro atoms. The molecule has 4 atom stereocenters. The number of methoxy groups -OCH3 is 2. The molecule has 1 heterocycles. The molecule has 1 aliphatic rings. The highest BCUT2D eigenvalue weighted by molar-refractivity contribution is 5.95. The van der Waals surface area contributed by atoms with Crippen molar-refractivity contribution < 1.29 is 38.2 Å². The molecule has 51 heavy (non-hydrogen) atoms. The second-order valence-corrected chi connectivity index (χ2v) is 14.1. The Labute approximate surface area is 301 Å². The van der Waals surface area contributed by atoms with Crippen LogP contribution in [0.25, 0.3) is 0 Å². The summed E-state index contributed by atoms with van der Waals surface area (Å²) in [6, 6.07) is 12.9. The summed E-state index contributed by atoms with van der Waals surface area (Å²) in [7, 11) is 2.86. The molecule has 0 unspecified atom stereocenters. The standard InChI is InChI=1S/C38H55N5O8/c1-25(51-37(2,3)4)33(39)34(46)42-30(23-27-13-15-29(49-6)16-14-27)35(47)43-22-8-20-38(43,5)36(48)40-21-19-26-9-11-28(12-10-26)24-41-31(44)17-18-32(45)50-7/h9-16,25,30,33H,8,17-24,39H2,1-7H3,(H,40,48)(H,41,44)(H,42,46)/t25-,30+,33+,38+/m1/s1. The lowest BCUT2D eigenvalue weighted by molar-refractivity contribution is -0.147. The van der Waals surface area contributed by atoms with Crippen LogP contribution in [0, 0.1) is 0 Å². The molecule has 280 valence electrons. The third-order valence-corrected chi connectivity index (χ3v) is 8.95. The lowest BCUT2D eigenvalue weighted by Crippen LogP contribution is -2.61. The number of rotatable bonds is 17. The first-order valence-corrected chi connectivity index (χ1v) is 17.4. The number of nitrogens with one attached hydrogen (secondary N) is 3. The molecule has 1 aliphatic heterocycles. The number of ether oxygens (including phenoxy) is 3. The van der Waals surface area contributed by atoms with Crippen LogP contribution in [0.5, 0.6) is 5.75 Å². The number of likely N-dealkylation sites (tertiary alicyclic amines) is 1. The van der Waals surface area contributed by atoms with Crippen LogP contribution < -0.4 is 26.4 Å². The lowest BCUT2D eigenvalue weighted by atomic mass is 9.95. The molecule has 2 aromatic rings. The van der Waals surface area contributed by atoms with E-state index in [0.29, 0.717) is 44.6 Å². The van der Waals surface area contributed by atoms with Crippen LogP contribution in [0.1, 0.15) is 77.0 Å². The molecule has 0 bridgehead atoms. The van der Waals surface area contributed by atoms with Crippen molar-refractivity contribution in [1.82, 2.24) is 20.9 Å². The van der Waals surface area contributed by atoms with Gasteiger partial charge in [0.1, 0.15) is 23.4 Å². The van der Waals surface area contributed by atoms with E-state index in [9.17, 15) is 24.0 Å². The van der Waals surface area contributed by atoms with E-state index in [2.05, 4.69) is 20.7 Å². The van der Waals surface area contributed by atoms with Crippen LogP contribution >= 0.6 is 0 Å². The van der Waals surface area contributed by atoms with E-state index in [0.717, 1.165) is 16.7 Å². The van der Waals surface area contributed by atoms with Crippen molar-refractivity contribution in [2.45, 2.75) is 109 Å². The third kappa shape index (κ3) is 12.4. The molecule has 13 nitrogen and oxygen atoms in total. The quantitative estimate of drug-likeness (QED) is 0.180. The summed E-state index contributed by atoms with van der Waals surface area (Å²) in [5.74, 6) is -1.15. The fourth-order valence-corrected chi connectivity index (χ4v) is 5.99. The molecular weight excluding hydrogens is 654 g/mol. The highest BCUT2D eigenvalue weighted by Gasteiger charge is 2.47. The monoisotopic (exact) mass is 709 g/mol. The Balaban J connectivity index is 1.64. The molecule has 3 rings (SSSR count). The Morgan fingerprint density at radius 2 is 1.55 bits per heavy atom. The Morgan fingerprint density at radius 3 is 2.16 bits per heavy atom. The number of carbonyl (C=O) groups is 5. The largest absolute Gasteiger partial charge is 0.497 e. The van der Waals surface area contributed by atoms with Crippen LogP contribution in [0.3, 0.4) is 0 Å². The summed E-state index contributed by atoms with van der Waals surface area (Å²) in [6.45, 7) is 10.2. The van der Waals surface area contributed by atoms with Crippen LogP contribution in [0.4, 0.5) is 0 Å². The van der Waals surface area contributed by atoms with Gasteiger partial charge in [-0.05, 0) is 82.7 Å². The van der Waals surface area contributed by atoms with Crippen molar-refractivity contribution in [2.75, 3.05) is 27.3 Å². The summed E-state index contributed by atoms with van der Waals surface area (Å²) in [4.78, 5) is 66.1. The van der Waals surface area contributed by atoms with Gasteiger partial charge in [0.15, 0.2) is 0 Å². The van der Waals surface area contributed by atoms with Gasteiger partial charge in [0, 0.05) is 32.5 Å². The molecule has 0 aromatic heterocycles. The van der Waals surface area contributed by atoms with Gasteiger partial charge in [0.05, 0.1) is 32.3 Å². The van der Waals surface area contributed by atoms with Crippen molar-refractivity contribution in [1.29, 1.82) is 0 Å². The van der Waals surface area contributed by atoms with Gasteiger partial charge in [-0.1, -0.05) is 36.4 Å². The maximum Gasteiger partial charge on any atom is 0.306 e. The average Bonchev–Trinajstić information content (AvgIpc) is 3.51. The minimum absolute atomic E-state index is 0.0283. The Hall–Kier alpha value is -4.49. The van der Waals surface area contributed by atoms with E-state index >= 15 is 0 Å². The summed E-state index contributed by atoms with van der Waals surface area (Å²) >= 11 is 0. The number of carbonyl (C=O) groups excluding carboxylic acids is 5. The smallest absolute Gasteiger partial charge is 0.306 e. The van der Waals surface area contributed by atoms with E-state index in [-0.39, 0.29) is 37.0 Å². The molecule has 5 N–H and O–H groups in total. The van der Waals surface area contributed by atoms with Gasteiger partial charge in [-0.3, -0.25) is 24.0 Å². The summed E-state index contributed by atoms with van der Waals surface area (Å²) in [5.41, 5.74) is 7.36. The van der Waals surface area contributed by atoms with Crippen LogP contribution in [-0.4, -0.2) is 91.1 Å². The summed E-state index contributed by atoms with van der Waals surface area (Å²) < 4.78 is 15.7. The Bertz CT molecular complexity index is 1490. The predicted molar refractivity (Wildman–Crippen MR) is 193 cm³/mol. The number of nitrogens with zero attached hydrogens (tertiary/aromatic N) is 1. The lowest BCUT2D eigenvalue weighted by Gasteiger charge is -2.37. The Kier molecular flexibility index (Phi) is 15.0. The van der Waals surface area contributed by atoms with Crippen LogP contribution in [-0.2, 0) is 52.8 Å². The van der Waals surface area contributed by atoms with Gasteiger partial charge in [-0.2, -0.15) is 0 Å². The minimum atomic E-state index is -1.11. The molecule has 13 heteroatoms. The molecule has 0 saturated carbocycles. The highest BCUT2D eigenvalue weighted by Crippen LogP contribution is 2.30. The van der Waals surface area contributed by atoms with Crippen molar-refractivity contribution in [2.24, 2.45) is 5.73 Å². The second kappa shape index (κ2) is 18.7. The van der Waals surface area contributed by atoms with E-state index < -0.39 is 41.2 Å². The zero-order valence-corrected chi connectivity index (χ0v) is 31.0. The van der Waals surface area contributed by atoms with Gasteiger partial charge >= 0.3 is 5.97 Å². The average molecular weight is 710 g/mol. The van der Waals surface area contributed by atoms with Gasteiger partial charge < -0.3 is 40.8 Å². The summed E-state index contributed by atoms with van der Waals surface area (Å²) in [5, 5.41) is 8.67. The third-order valence-electron chi connectivity index (χ3n) is 8.95. The number of hydrogen-bond donors (Lipinski definition) is 4. The fourth-order valence-electron chi connectivity index (χ4n) is 5.99. The molecule has 0 aliphatic carbocycles.